The summed E-state index contributed by atoms with van der Waals surface area (Å²) in [6.45, 7) is 4.25. The van der Waals surface area contributed by atoms with Crippen LogP contribution >= 0.6 is 0 Å². The molecule has 1 aliphatic carbocycles. The normalized spacial score (nSPS) is 52.2. The van der Waals surface area contributed by atoms with Gasteiger partial charge >= 0.3 is 0 Å². The number of ether oxygens (including phenoxy) is 1. The largest absolute Gasteiger partial charge is 0.464 e. The van der Waals surface area contributed by atoms with Crippen LogP contribution in [0.2, 0.25) is 0 Å². The van der Waals surface area contributed by atoms with Crippen LogP contribution in [0.1, 0.15) is 12.8 Å². The average Bonchev–Trinajstić information content (AvgIpc) is 2.10. The molecule has 1 saturated carbocycles. The first kappa shape index (κ1) is 7.80. The second kappa shape index (κ2) is 2.71. The fourth-order valence-electron chi connectivity index (χ4n) is 3.65. The Morgan fingerprint density at radius 2 is 1.85 bits per heavy atom. The Bertz CT molecular complexity index is 201. The molecule has 5 atom stereocenters. The van der Waals surface area contributed by atoms with E-state index in [4.69, 9.17) is 4.74 Å². The first-order valence-corrected chi connectivity index (χ1v) is 5.18. The summed E-state index contributed by atoms with van der Waals surface area (Å²) in [6.07, 6.45) is 2.81. The van der Waals surface area contributed by atoms with Crippen LogP contribution in [-0.2, 0) is 9.53 Å². The number of carbonyl (C=O) groups excluding carboxylic acids is 1. The van der Waals surface area contributed by atoms with E-state index in [1.54, 1.807) is 0 Å². The van der Waals surface area contributed by atoms with Gasteiger partial charge in [0.1, 0.15) is 6.10 Å². The van der Waals surface area contributed by atoms with Crippen LogP contribution in [0.4, 0.5) is 0 Å². The zero-order valence-corrected chi connectivity index (χ0v) is 7.69. The first-order chi connectivity index (χ1) is 6.36. The van der Waals surface area contributed by atoms with Gasteiger partial charge in [0.15, 0.2) is 0 Å². The molecule has 4 rings (SSSR count). The molecule has 13 heavy (non-hydrogen) atoms. The molecule has 3 saturated heterocycles. The zero-order valence-electron chi connectivity index (χ0n) is 7.69. The fraction of sp³-hybridized carbons (Fsp3) is 0.900. The Hall–Kier alpha value is -0.570. The minimum Gasteiger partial charge on any atom is -0.464 e. The molecule has 72 valence electrons. The lowest BCUT2D eigenvalue weighted by Crippen LogP contribution is -2.60. The van der Waals surface area contributed by atoms with Gasteiger partial charge in [-0.2, -0.15) is 0 Å². The molecule has 3 heterocycles. The summed E-state index contributed by atoms with van der Waals surface area (Å²) in [6, 6.07) is 0. The van der Waals surface area contributed by atoms with E-state index in [9.17, 15) is 4.79 Å². The fourth-order valence-corrected chi connectivity index (χ4v) is 3.65. The molecule has 3 aliphatic heterocycles. The molecule has 3 heteroatoms. The van der Waals surface area contributed by atoms with Crippen molar-refractivity contribution in [1.29, 1.82) is 0 Å². The van der Waals surface area contributed by atoms with Crippen LogP contribution in [0, 0.1) is 17.8 Å². The summed E-state index contributed by atoms with van der Waals surface area (Å²) in [4.78, 5) is 12.9. The summed E-state index contributed by atoms with van der Waals surface area (Å²) in [7, 11) is 0. The van der Waals surface area contributed by atoms with Crippen LogP contribution in [0.5, 0.6) is 0 Å². The molecule has 4 bridgehead atoms. The minimum atomic E-state index is 0.241. The molecule has 0 N–H and O–H groups in total. The van der Waals surface area contributed by atoms with Gasteiger partial charge in [-0.15, -0.1) is 0 Å². The van der Waals surface area contributed by atoms with Crippen LogP contribution in [0.3, 0.4) is 0 Å². The molecule has 0 aromatic carbocycles. The smallest absolute Gasteiger partial charge is 0.293 e. The average molecular weight is 181 g/mol. The van der Waals surface area contributed by atoms with Gasteiger partial charge in [0, 0.05) is 31.5 Å². The predicted octanol–water partition coefficient (Wildman–Crippen LogP) is 0.500. The first-order valence-electron chi connectivity index (χ1n) is 5.18. The molecule has 0 amide bonds. The highest BCUT2D eigenvalue weighted by atomic mass is 16.5. The van der Waals surface area contributed by atoms with E-state index in [1.165, 1.54) is 19.4 Å². The van der Waals surface area contributed by atoms with Gasteiger partial charge in [-0.1, -0.05) is 0 Å². The van der Waals surface area contributed by atoms with Crippen molar-refractivity contribution in [2.45, 2.75) is 18.9 Å². The predicted molar refractivity (Wildman–Crippen MR) is 47.1 cm³/mol. The third kappa shape index (κ3) is 1.10. The van der Waals surface area contributed by atoms with Crippen molar-refractivity contribution in [2.75, 3.05) is 19.6 Å². The van der Waals surface area contributed by atoms with Crippen LogP contribution in [0.25, 0.3) is 0 Å². The summed E-state index contributed by atoms with van der Waals surface area (Å²) in [5, 5.41) is 0. The molecule has 4 aliphatic rings. The third-order valence-corrected chi connectivity index (χ3v) is 3.92. The van der Waals surface area contributed by atoms with Gasteiger partial charge in [0.05, 0.1) is 0 Å². The number of hydrogen-bond acceptors (Lipinski definition) is 3. The molecule has 1 unspecified atom stereocenters. The summed E-state index contributed by atoms with van der Waals surface area (Å²) in [5.74, 6) is 2.16. The number of hydrogen-bond donors (Lipinski definition) is 0. The molecule has 0 radical (unpaired) electrons. The number of piperidine rings is 3. The second-order valence-electron chi connectivity index (χ2n) is 4.77. The molecule has 0 spiro atoms. The minimum absolute atomic E-state index is 0.241. The summed E-state index contributed by atoms with van der Waals surface area (Å²) >= 11 is 0. The maximum atomic E-state index is 10.4. The summed E-state index contributed by atoms with van der Waals surface area (Å²) in [5.41, 5.74) is 0. The Labute approximate surface area is 78.0 Å². The highest BCUT2D eigenvalue weighted by Crippen LogP contribution is 2.44. The number of rotatable bonds is 2. The van der Waals surface area contributed by atoms with Crippen molar-refractivity contribution >= 4 is 6.47 Å². The highest BCUT2D eigenvalue weighted by molar-refractivity contribution is 5.38. The SMILES string of the molecule is O=CO[C@@H]1[C@@H]2C[C@H]3C[C@H]1CN(C3)C2. The summed E-state index contributed by atoms with van der Waals surface area (Å²) < 4.78 is 5.21. The van der Waals surface area contributed by atoms with E-state index in [2.05, 4.69) is 4.90 Å². The van der Waals surface area contributed by atoms with Crippen LogP contribution < -0.4 is 0 Å². The van der Waals surface area contributed by atoms with Crippen molar-refractivity contribution in [3.63, 3.8) is 0 Å². The third-order valence-electron chi connectivity index (χ3n) is 3.92. The van der Waals surface area contributed by atoms with E-state index < -0.39 is 0 Å². The Morgan fingerprint density at radius 3 is 2.38 bits per heavy atom. The Kier molecular flexibility index (Phi) is 1.62. The maximum Gasteiger partial charge on any atom is 0.293 e. The lowest BCUT2D eigenvalue weighted by Gasteiger charge is -2.54. The Morgan fingerprint density at radius 1 is 1.15 bits per heavy atom. The topological polar surface area (TPSA) is 29.5 Å². The molecule has 4 fully saturated rings. The monoisotopic (exact) mass is 181 g/mol. The van der Waals surface area contributed by atoms with Gasteiger partial charge in [-0.05, 0) is 18.8 Å². The quantitative estimate of drug-likeness (QED) is 0.581. The standard InChI is InChI=1S/C10H15NO2/c12-6-13-10-8-1-7-2-9(10)5-11(3-7)4-8/h6-10H,1-5H2/t7-,8+,9-,10+. The molecular formula is C10H15NO2. The van der Waals surface area contributed by atoms with Gasteiger partial charge in [0.2, 0.25) is 0 Å². The van der Waals surface area contributed by atoms with Gasteiger partial charge < -0.3 is 9.64 Å². The van der Waals surface area contributed by atoms with Gasteiger partial charge in [0.25, 0.3) is 6.47 Å². The van der Waals surface area contributed by atoms with Crippen LogP contribution in [-0.4, -0.2) is 37.1 Å². The van der Waals surface area contributed by atoms with Crippen molar-refractivity contribution in [2.24, 2.45) is 17.8 Å². The van der Waals surface area contributed by atoms with E-state index >= 15 is 0 Å². The van der Waals surface area contributed by atoms with Crippen molar-refractivity contribution in [1.82, 2.24) is 4.90 Å². The van der Waals surface area contributed by atoms with E-state index in [0.717, 1.165) is 19.0 Å². The van der Waals surface area contributed by atoms with E-state index in [0.29, 0.717) is 18.3 Å². The number of carbonyl (C=O) groups is 1. The van der Waals surface area contributed by atoms with Crippen molar-refractivity contribution in [3.05, 3.63) is 0 Å². The highest BCUT2D eigenvalue weighted by Gasteiger charge is 2.48. The van der Waals surface area contributed by atoms with Crippen molar-refractivity contribution in [3.8, 4) is 0 Å². The van der Waals surface area contributed by atoms with E-state index in [-0.39, 0.29) is 6.10 Å². The van der Waals surface area contributed by atoms with Crippen molar-refractivity contribution < 1.29 is 9.53 Å². The Balaban J connectivity index is 1.81. The van der Waals surface area contributed by atoms with Crippen LogP contribution in [0.15, 0.2) is 0 Å². The maximum absolute atomic E-state index is 10.4. The van der Waals surface area contributed by atoms with Gasteiger partial charge in [-0.25, -0.2) is 0 Å². The molecule has 0 aromatic heterocycles. The van der Waals surface area contributed by atoms with E-state index in [1.807, 2.05) is 0 Å². The van der Waals surface area contributed by atoms with Gasteiger partial charge in [-0.3, -0.25) is 4.79 Å². The zero-order chi connectivity index (χ0) is 8.84. The second-order valence-corrected chi connectivity index (χ2v) is 4.77. The lowest BCUT2D eigenvalue weighted by molar-refractivity contribution is -0.160. The number of nitrogens with zero attached hydrogens (tertiary/aromatic N) is 1. The molecular weight excluding hydrogens is 166 g/mol. The molecule has 3 nitrogen and oxygen atoms in total. The lowest BCUT2D eigenvalue weighted by atomic mass is 9.66. The molecule has 0 aromatic rings.